The number of fused-ring (bicyclic) bond motifs is 1. The molecule has 0 bridgehead atoms. The monoisotopic (exact) mass is 249 g/mol. The minimum absolute atomic E-state index is 0.290. The maximum absolute atomic E-state index is 9.28. The van der Waals surface area contributed by atoms with Crippen LogP contribution in [0, 0.1) is 5.92 Å². The second kappa shape index (κ2) is 5.16. The summed E-state index contributed by atoms with van der Waals surface area (Å²) in [4.78, 5) is 0. The predicted octanol–water partition coefficient (Wildman–Crippen LogP) is 1.67. The third-order valence-corrected chi connectivity index (χ3v) is 3.90. The molecule has 3 rings (SSSR count). The molecule has 2 N–H and O–H groups in total. The molecule has 98 valence electrons. The van der Waals surface area contributed by atoms with Crippen LogP contribution in [0.1, 0.15) is 24.8 Å². The van der Waals surface area contributed by atoms with Crippen LogP contribution in [-0.4, -0.2) is 24.5 Å². The summed E-state index contributed by atoms with van der Waals surface area (Å²) >= 11 is 0. The van der Waals surface area contributed by atoms with Gasteiger partial charge in [-0.1, -0.05) is 12.5 Å². The summed E-state index contributed by atoms with van der Waals surface area (Å²) in [5.41, 5.74) is 1.20. The van der Waals surface area contributed by atoms with Crippen molar-refractivity contribution in [2.24, 2.45) is 5.92 Å². The predicted molar refractivity (Wildman–Crippen MR) is 67.6 cm³/mol. The normalized spacial score (nSPS) is 25.6. The third kappa shape index (κ3) is 2.31. The first-order valence-electron chi connectivity index (χ1n) is 6.59. The molecule has 2 aliphatic rings. The quantitative estimate of drug-likeness (QED) is 0.852. The molecule has 1 fully saturated rings. The molecule has 1 heterocycles. The summed E-state index contributed by atoms with van der Waals surface area (Å²) in [6.07, 6.45) is 3.51. The van der Waals surface area contributed by atoms with Crippen LogP contribution in [0.15, 0.2) is 18.2 Å². The Kier molecular flexibility index (Phi) is 3.39. The van der Waals surface area contributed by atoms with Gasteiger partial charge in [-0.2, -0.15) is 0 Å². The van der Waals surface area contributed by atoms with Gasteiger partial charge in [0.15, 0.2) is 11.5 Å². The fourth-order valence-electron chi connectivity index (χ4n) is 2.82. The average Bonchev–Trinajstić information content (AvgIpc) is 3.04. The number of nitrogens with one attached hydrogen (secondary N) is 1. The summed E-state index contributed by atoms with van der Waals surface area (Å²) < 4.78 is 10.7. The Balaban J connectivity index is 1.60. The highest BCUT2D eigenvalue weighted by atomic mass is 16.7. The molecule has 0 radical (unpaired) electrons. The van der Waals surface area contributed by atoms with Gasteiger partial charge >= 0.3 is 0 Å². The summed E-state index contributed by atoms with van der Waals surface area (Å²) in [6.45, 7) is 1.43. The van der Waals surface area contributed by atoms with Crippen LogP contribution in [0.2, 0.25) is 0 Å². The molecule has 0 amide bonds. The zero-order chi connectivity index (χ0) is 12.4. The molecule has 4 heteroatoms. The lowest BCUT2D eigenvalue weighted by Crippen LogP contribution is -2.33. The molecule has 1 aliphatic carbocycles. The van der Waals surface area contributed by atoms with Crippen molar-refractivity contribution < 1.29 is 14.6 Å². The molecule has 2 unspecified atom stereocenters. The first-order valence-corrected chi connectivity index (χ1v) is 6.59. The molecule has 1 aliphatic heterocycles. The van der Waals surface area contributed by atoms with E-state index in [1.54, 1.807) is 0 Å². The maximum Gasteiger partial charge on any atom is 0.231 e. The van der Waals surface area contributed by atoms with Crippen LogP contribution < -0.4 is 14.8 Å². The smallest absolute Gasteiger partial charge is 0.231 e. The Hall–Kier alpha value is -1.26. The zero-order valence-electron chi connectivity index (χ0n) is 10.4. The molecule has 0 aromatic heterocycles. The van der Waals surface area contributed by atoms with Gasteiger partial charge < -0.3 is 19.9 Å². The minimum atomic E-state index is 0.290. The van der Waals surface area contributed by atoms with Crippen molar-refractivity contribution in [3.63, 3.8) is 0 Å². The molecule has 0 saturated heterocycles. The van der Waals surface area contributed by atoms with Crippen LogP contribution in [0.25, 0.3) is 0 Å². The SMILES string of the molecule is OCC1CCCC1NCc1ccc2c(c1)OCO2. The molecule has 1 aromatic carbocycles. The van der Waals surface area contributed by atoms with E-state index in [2.05, 4.69) is 11.4 Å². The summed E-state index contributed by atoms with van der Waals surface area (Å²) in [7, 11) is 0. The number of aliphatic hydroxyl groups excluding tert-OH is 1. The van der Waals surface area contributed by atoms with E-state index in [1.165, 1.54) is 12.0 Å². The van der Waals surface area contributed by atoms with Gasteiger partial charge in [0.05, 0.1) is 0 Å². The molecule has 4 nitrogen and oxygen atoms in total. The van der Waals surface area contributed by atoms with Crippen molar-refractivity contribution in [3.05, 3.63) is 23.8 Å². The lowest BCUT2D eigenvalue weighted by Gasteiger charge is -2.19. The van der Waals surface area contributed by atoms with E-state index in [0.29, 0.717) is 25.4 Å². The lowest BCUT2D eigenvalue weighted by molar-refractivity contribution is 0.174. The Bertz CT molecular complexity index is 422. The highest BCUT2D eigenvalue weighted by molar-refractivity contribution is 5.44. The lowest BCUT2D eigenvalue weighted by atomic mass is 10.0. The van der Waals surface area contributed by atoms with Gasteiger partial charge in [0.1, 0.15) is 0 Å². The number of ether oxygens (including phenoxy) is 2. The molecule has 1 saturated carbocycles. The van der Waals surface area contributed by atoms with E-state index in [-0.39, 0.29) is 0 Å². The van der Waals surface area contributed by atoms with Gasteiger partial charge in [0, 0.05) is 19.2 Å². The van der Waals surface area contributed by atoms with E-state index in [1.807, 2.05) is 12.1 Å². The Morgan fingerprint density at radius 2 is 2.11 bits per heavy atom. The van der Waals surface area contributed by atoms with Gasteiger partial charge in [0.2, 0.25) is 6.79 Å². The second-order valence-corrected chi connectivity index (χ2v) is 5.05. The van der Waals surface area contributed by atoms with Crippen molar-refractivity contribution >= 4 is 0 Å². The molecular weight excluding hydrogens is 230 g/mol. The first-order chi connectivity index (χ1) is 8.86. The molecule has 2 atom stereocenters. The molecule has 1 aromatic rings. The standard InChI is InChI=1S/C14H19NO3/c16-8-11-2-1-3-12(11)15-7-10-4-5-13-14(6-10)18-9-17-13/h4-6,11-12,15-16H,1-3,7-9H2. The highest BCUT2D eigenvalue weighted by Gasteiger charge is 2.26. The van der Waals surface area contributed by atoms with E-state index < -0.39 is 0 Å². The van der Waals surface area contributed by atoms with Gasteiger partial charge in [-0.3, -0.25) is 0 Å². The summed E-state index contributed by atoms with van der Waals surface area (Å²) in [6, 6.07) is 6.49. The fraction of sp³-hybridized carbons (Fsp3) is 0.571. The number of hydrogen-bond acceptors (Lipinski definition) is 4. The van der Waals surface area contributed by atoms with E-state index in [0.717, 1.165) is 30.9 Å². The van der Waals surface area contributed by atoms with Crippen LogP contribution in [0.3, 0.4) is 0 Å². The van der Waals surface area contributed by atoms with Crippen molar-refractivity contribution in [1.29, 1.82) is 0 Å². The van der Waals surface area contributed by atoms with E-state index >= 15 is 0 Å². The Morgan fingerprint density at radius 3 is 3.00 bits per heavy atom. The number of rotatable bonds is 4. The number of aliphatic hydroxyl groups is 1. The zero-order valence-corrected chi connectivity index (χ0v) is 10.4. The highest BCUT2D eigenvalue weighted by Crippen LogP contribution is 2.32. The van der Waals surface area contributed by atoms with Gasteiger partial charge in [-0.15, -0.1) is 0 Å². The van der Waals surface area contributed by atoms with Crippen molar-refractivity contribution in [2.45, 2.75) is 31.8 Å². The largest absolute Gasteiger partial charge is 0.454 e. The summed E-state index contributed by atoms with van der Waals surface area (Å²) in [5, 5.41) is 12.8. The summed E-state index contributed by atoms with van der Waals surface area (Å²) in [5.74, 6) is 2.08. The van der Waals surface area contributed by atoms with Crippen molar-refractivity contribution in [1.82, 2.24) is 5.32 Å². The number of hydrogen-bond donors (Lipinski definition) is 2. The molecule has 0 spiro atoms. The van der Waals surface area contributed by atoms with Crippen LogP contribution in [-0.2, 0) is 6.54 Å². The first kappa shape index (κ1) is 11.8. The maximum atomic E-state index is 9.28. The van der Waals surface area contributed by atoms with Crippen molar-refractivity contribution in [2.75, 3.05) is 13.4 Å². The average molecular weight is 249 g/mol. The Labute approximate surface area is 107 Å². The number of benzene rings is 1. The molecular formula is C14H19NO3. The topological polar surface area (TPSA) is 50.7 Å². The van der Waals surface area contributed by atoms with E-state index in [9.17, 15) is 5.11 Å². The van der Waals surface area contributed by atoms with Gasteiger partial charge in [-0.25, -0.2) is 0 Å². The van der Waals surface area contributed by atoms with Crippen LogP contribution >= 0.6 is 0 Å². The van der Waals surface area contributed by atoms with Crippen LogP contribution in [0.5, 0.6) is 11.5 Å². The van der Waals surface area contributed by atoms with Gasteiger partial charge in [0.25, 0.3) is 0 Å². The Morgan fingerprint density at radius 1 is 1.22 bits per heavy atom. The third-order valence-electron chi connectivity index (χ3n) is 3.90. The van der Waals surface area contributed by atoms with E-state index in [4.69, 9.17) is 9.47 Å². The van der Waals surface area contributed by atoms with Crippen molar-refractivity contribution in [3.8, 4) is 11.5 Å². The van der Waals surface area contributed by atoms with Crippen LogP contribution in [0.4, 0.5) is 0 Å². The minimum Gasteiger partial charge on any atom is -0.454 e. The van der Waals surface area contributed by atoms with Gasteiger partial charge in [-0.05, 0) is 36.5 Å². The fourth-order valence-corrected chi connectivity index (χ4v) is 2.82. The molecule has 18 heavy (non-hydrogen) atoms. The second-order valence-electron chi connectivity index (χ2n) is 5.05.